The Morgan fingerprint density at radius 3 is 2.47 bits per heavy atom. The highest BCUT2D eigenvalue weighted by Gasteiger charge is 2.56. The fraction of sp³-hybridized carbons (Fsp3) is 0.185. The lowest BCUT2D eigenvalue weighted by molar-refractivity contribution is -0.123. The minimum atomic E-state index is -1.61. The Morgan fingerprint density at radius 2 is 1.78 bits per heavy atom. The summed E-state index contributed by atoms with van der Waals surface area (Å²) in [5.74, 6) is -2.84. The summed E-state index contributed by atoms with van der Waals surface area (Å²) in [5, 5.41) is 24.7. The molecular weight excluding hydrogens is 466 g/mol. The fourth-order valence-corrected chi connectivity index (χ4v) is 4.80. The zero-order valence-electron chi connectivity index (χ0n) is 19.8. The standard InChI is InChI=1S/C27H21NO8/c1-11-23(32)21(13(3)29)25-22(24(11)33)27(4)19(36-25)10-17(31)20(26(27)34)12(2)28-14-5-6-18-15(9-14)16(30)7-8-35-18/h5-10,28,32-33H,1-4H3/b20-12+/t27-/m0/s1. The quantitative estimate of drug-likeness (QED) is 0.286. The first-order valence-corrected chi connectivity index (χ1v) is 11.0. The van der Waals surface area contributed by atoms with E-state index in [9.17, 15) is 29.4 Å². The fourth-order valence-electron chi connectivity index (χ4n) is 4.80. The van der Waals surface area contributed by atoms with E-state index in [2.05, 4.69) is 5.32 Å². The molecule has 3 N–H and O–H groups in total. The van der Waals surface area contributed by atoms with Crippen molar-refractivity contribution >= 4 is 34.0 Å². The molecule has 0 radical (unpaired) electrons. The lowest BCUT2D eigenvalue weighted by atomic mass is 9.70. The molecule has 1 aliphatic heterocycles. The Hall–Kier alpha value is -4.66. The molecule has 9 heteroatoms. The monoisotopic (exact) mass is 487 g/mol. The molecule has 36 heavy (non-hydrogen) atoms. The second-order valence-corrected chi connectivity index (χ2v) is 9.01. The van der Waals surface area contributed by atoms with Crippen molar-refractivity contribution in [1.29, 1.82) is 0 Å². The number of carbonyl (C=O) groups is 3. The third-order valence-corrected chi connectivity index (χ3v) is 6.75. The molecule has 0 unspecified atom stereocenters. The Morgan fingerprint density at radius 1 is 1.06 bits per heavy atom. The number of Topliss-reactive ketones (excluding diaryl/α,β-unsaturated/α-hetero) is 2. The van der Waals surface area contributed by atoms with Gasteiger partial charge in [0.25, 0.3) is 0 Å². The molecule has 1 aliphatic carbocycles. The number of rotatable bonds is 3. The Bertz CT molecular complexity index is 1670. The Kier molecular flexibility index (Phi) is 4.92. The van der Waals surface area contributed by atoms with E-state index in [0.29, 0.717) is 16.7 Å². The van der Waals surface area contributed by atoms with Gasteiger partial charge in [0.1, 0.15) is 39.6 Å². The van der Waals surface area contributed by atoms with E-state index in [-0.39, 0.29) is 44.9 Å². The van der Waals surface area contributed by atoms with E-state index in [0.717, 1.165) is 6.08 Å². The van der Waals surface area contributed by atoms with Gasteiger partial charge >= 0.3 is 0 Å². The number of nitrogens with one attached hydrogen (secondary N) is 1. The predicted molar refractivity (Wildman–Crippen MR) is 129 cm³/mol. The van der Waals surface area contributed by atoms with Gasteiger partial charge in [-0.3, -0.25) is 19.2 Å². The first-order valence-electron chi connectivity index (χ1n) is 11.0. The number of phenols is 2. The maximum absolute atomic E-state index is 13.9. The molecule has 2 aliphatic rings. The van der Waals surface area contributed by atoms with E-state index < -0.39 is 34.3 Å². The van der Waals surface area contributed by atoms with Crippen molar-refractivity contribution < 1.29 is 33.8 Å². The number of benzene rings is 2. The van der Waals surface area contributed by atoms with E-state index >= 15 is 0 Å². The van der Waals surface area contributed by atoms with Crippen LogP contribution in [0, 0.1) is 6.92 Å². The number of fused-ring (bicyclic) bond motifs is 4. The number of anilines is 1. The molecule has 1 aromatic heterocycles. The third kappa shape index (κ3) is 3.02. The smallest absolute Gasteiger partial charge is 0.194 e. The van der Waals surface area contributed by atoms with Gasteiger partial charge in [0.15, 0.2) is 22.8 Å². The Balaban J connectivity index is 1.66. The predicted octanol–water partition coefficient (Wildman–Crippen LogP) is 3.79. The van der Waals surface area contributed by atoms with Crippen LogP contribution >= 0.6 is 0 Å². The first kappa shape index (κ1) is 23.1. The van der Waals surface area contributed by atoms with Crippen molar-refractivity contribution in [3.63, 3.8) is 0 Å². The Labute approximate surface area is 204 Å². The molecule has 0 amide bonds. The molecule has 0 bridgehead atoms. The molecule has 2 heterocycles. The number of carbonyl (C=O) groups excluding carboxylic acids is 3. The van der Waals surface area contributed by atoms with Gasteiger partial charge in [-0.25, -0.2) is 0 Å². The van der Waals surface area contributed by atoms with Crippen LogP contribution in [0.5, 0.6) is 17.2 Å². The number of phenolic OH excluding ortho intramolecular Hbond substituents is 2. The SMILES string of the molecule is CC(=O)c1c(O)c(C)c(O)c2c1OC1=CC(=O)/C(=C(/C)Nc3ccc4occc(=O)c4c3)C(=O)[C@@]12C. The maximum Gasteiger partial charge on any atom is 0.194 e. The maximum atomic E-state index is 13.9. The number of allylic oxidation sites excluding steroid dienone is 4. The summed E-state index contributed by atoms with van der Waals surface area (Å²) in [5.41, 5.74) is -1.11. The van der Waals surface area contributed by atoms with Crippen LogP contribution in [0.4, 0.5) is 5.69 Å². The molecule has 0 saturated carbocycles. The topological polar surface area (TPSA) is 143 Å². The van der Waals surface area contributed by atoms with E-state index in [1.54, 1.807) is 25.1 Å². The van der Waals surface area contributed by atoms with E-state index in [1.165, 1.54) is 33.1 Å². The number of ketones is 3. The molecule has 3 aromatic rings. The van der Waals surface area contributed by atoms with Gasteiger partial charge in [-0.05, 0) is 45.9 Å². The molecule has 2 aromatic carbocycles. The summed E-state index contributed by atoms with van der Waals surface area (Å²) < 4.78 is 11.1. The van der Waals surface area contributed by atoms with Crippen molar-refractivity contribution in [3.8, 4) is 17.2 Å². The minimum Gasteiger partial charge on any atom is -0.507 e. The van der Waals surface area contributed by atoms with Crippen molar-refractivity contribution in [1.82, 2.24) is 0 Å². The van der Waals surface area contributed by atoms with Crippen LogP contribution in [0.3, 0.4) is 0 Å². The third-order valence-electron chi connectivity index (χ3n) is 6.75. The van der Waals surface area contributed by atoms with Gasteiger partial charge in [-0.1, -0.05) is 0 Å². The number of aromatic hydroxyl groups is 2. The van der Waals surface area contributed by atoms with Crippen molar-refractivity contribution in [2.75, 3.05) is 5.32 Å². The normalized spacial score (nSPS) is 19.9. The van der Waals surface area contributed by atoms with Crippen LogP contribution in [-0.2, 0) is 15.0 Å². The largest absolute Gasteiger partial charge is 0.507 e. The van der Waals surface area contributed by atoms with Crippen molar-refractivity contribution in [2.24, 2.45) is 0 Å². The van der Waals surface area contributed by atoms with Crippen LogP contribution in [0.2, 0.25) is 0 Å². The van der Waals surface area contributed by atoms with Crippen molar-refractivity contribution in [3.05, 3.63) is 80.5 Å². The second kappa shape index (κ2) is 7.67. The zero-order valence-corrected chi connectivity index (χ0v) is 19.8. The van der Waals surface area contributed by atoms with Crippen LogP contribution in [0.15, 0.2) is 62.8 Å². The highest BCUT2D eigenvalue weighted by Crippen LogP contribution is 2.57. The van der Waals surface area contributed by atoms with Gasteiger partial charge in [-0.2, -0.15) is 0 Å². The molecule has 0 saturated heterocycles. The lowest BCUT2D eigenvalue weighted by Crippen LogP contribution is -2.40. The van der Waals surface area contributed by atoms with Crippen LogP contribution in [-0.4, -0.2) is 27.6 Å². The van der Waals surface area contributed by atoms with Crippen LogP contribution in [0.25, 0.3) is 11.0 Å². The van der Waals surface area contributed by atoms with Gasteiger partial charge in [0, 0.05) is 29.1 Å². The van der Waals surface area contributed by atoms with Gasteiger partial charge in [-0.15, -0.1) is 0 Å². The number of hydrogen-bond donors (Lipinski definition) is 3. The summed E-state index contributed by atoms with van der Waals surface area (Å²) >= 11 is 0. The second-order valence-electron chi connectivity index (χ2n) is 9.01. The highest BCUT2D eigenvalue weighted by molar-refractivity contribution is 6.31. The molecule has 0 fully saturated rings. The van der Waals surface area contributed by atoms with Gasteiger partial charge in [0.05, 0.1) is 22.8 Å². The van der Waals surface area contributed by atoms with Gasteiger partial charge < -0.3 is 24.7 Å². The highest BCUT2D eigenvalue weighted by atomic mass is 16.5. The number of hydrogen-bond acceptors (Lipinski definition) is 9. The summed E-state index contributed by atoms with van der Waals surface area (Å²) in [7, 11) is 0. The van der Waals surface area contributed by atoms with E-state index in [4.69, 9.17) is 9.15 Å². The zero-order chi connectivity index (χ0) is 26.1. The minimum absolute atomic E-state index is 0.0142. The van der Waals surface area contributed by atoms with Crippen LogP contribution in [0.1, 0.15) is 42.3 Å². The average Bonchev–Trinajstić information content (AvgIpc) is 3.11. The molecule has 9 nitrogen and oxygen atoms in total. The number of ether oxygens (including phenoxy) is 1. The van der Waals surface area contributed by atoms with E-state index in [1.807, 2.05) is 0 Å². The summed E-state index contributed by atoms with van der Waals surface area (Å²) in [6.45, 7) is 5.68. The molecule has 0 spiro atoms. The summed E-state index contributed by atoms with van der Waals surface area (Å²) in [6.07, 6.45) is 2.44. The summed E-state index contributed by atoms with van der Waals surface area (Å²) in [4.78, 5) is 51.4. The van der Waals surface area contributed by atoms with Gasteiger partial charge in [0.2, 0.25) is 0 Å². The molecule has 1 atom stereocenters. The molecule has 182 valence electrons. The average molecular weight is 487 g/mol. The first-order chi connectivity index (χ1) is 17.0. The van der Waals surface area contributed by atoms with Crippen LogP contribution < -0.4 is 15.5 Å². The van der Waals surface area contributed by atoms with Crippen molar-refractivity contribution in [2.45, 2.75) is 33.1 Å². The lowest BCUT2D eigenvalue weighted by Gasteiger charge is -2.29. The summed E-state index contributed by atoms with van der Waals surface area (Å²) in [6, 6.07) is 6.08. The molecular formula is C27H21NO8. The molecule has 5 rings (SSSR count).